The molecule has 6 nitrogen and oxygen atoms in total. The predicted molar refractivity (Wildman–Crippen MR) is 48.5 cm³/mol. The Hall–Kier alpha value is -2.24. The Balaban J connectivity index is 3.15. The summed E-state index contributed by atoms with van der Waals surface area (Å²) in [4.78, 5) is 27.0. The first-order chi connectivity index (χ1) is 6.61. The molecule has 0 aliphatic heterocycles. The molecule has 2 aromatic rings. The van der Waals surface area contributed by atoms with Crippen molar-refractivity contribution in [1.29, 1.82) is 0 Å². The van der Waals surface area contributed by atoms with Crippen LogP contribution in [0.4, 0.5) is 0 Å². The van der Waals surface area contributed by atoms with Crippen molar-refractivity contribution >= 4 is 11.0 Å². The van der Waals surface area contributed by atoms with Gasteiger partial charge in [0.25, 0.3) is 5.56 Å². The maximum atomic E-state index is 11.2. The van der Waals surface area contributed by atoms with Crippen molar-refractivity contribution in [3.8, 4) is 11.5 Å². The third kappa shape index (κ3) is 0.972. The number of H-pyrrole nitrogens is 2. The molecule has 0 atom stereocenters. The van der Waals surface area contributed by atoms with Gasteiger partial charge in [-0.15, -0.1) is 0 Å². The highest BCUT2D eigenvalue weighted by Gasteiger charge is 2.12. The molecule has 14 heavy (non-hydrogen) atoms. The van der Waals surface area contributed by atoms with Crippen LogP contribution in [0.5, 0.6) is 11.5 Å². The summed E-state index contributed by atoms with van der Waals surface area (Å²) in [5.74, 6) is -1.56. The van der Waals surface area contributed by atoms with E-state index in [4.69, 9.17) is 5.11 Å². The molecule has 0 aliphatic carbocycles. The van der Waals surface area contributed by atoms with Crippen molar-refractivity contribution < 1.29 is 10.2 Å². The van der Waals surface area contributed by atoms with Crippen molar-refractivity contribution in [2.75, 3.05) is 0 Å². The third-order valence-electron chi connectivity index (χ3n) is 1.87. The molecule has 0 spiro atoms. The number of nitrogens with one attached hydrogen (secondary N) is 2. The second-order valence-electron chi connectivity index (χ2n) is 2.74. The summed E-state index contributed by atoms with van der Waals surface area (Å²) in [5.41, 5.74) is -1.25. The van der Waals surface area contributed by atoms with E-state index in [1.54, 1.807) is 0 Å². The van der Waals surface area contributed by atoms with Gasteiger partial charge in [0.15, 0.2) is 11.2 Å². The SMILES string of the molecule is O=c1[nH]c2[nH]ccc(=O)c2c(O)c1O. The molecule has 0 bridgehead atoms. The van der Waals surface area contributed by atoms with Crippen LogP contribution in [0.2, 0.25) is 0 Å². The fraction of sp³-hybridized carbons (Fsp3) is 0. The summed E-state index contributed by atoms with van der Waals surface area (Å²) in [6.07, 6.45) is 1.33. The highest BCUT2D eigenvalue weighted by Crippen LogP contribution is 2.24. The van der Waals surface area contributed by atoms with Crippen molar-refractivity contribution in [3.63, 3.8) is 0 Å². The Morgan fingerprint density at radius 1 is 1.14 bits per heavy atom. The smallest absolute Gasteiger partial charge is 0.295 e. The van der Waals surface area contributed by atoms with E-state index in [0.717, 1.165) is 0 Å². The van der Waals surface area contributed by atoms with E-state index in [2.05, 4.69) is 9.97 Å². The van der Waals surface area contributed by atoms with Crippen LogP contribution in [0.25, 0.3) is 11.0 Å². The first-order valence-electron chi connectivity index (χ1n) is 3.77. The fourth-order valence-corrected chi connectivity index (χ4v) is 1.21. The Kier molecular flexibility index (Phi) is 1.57. The van der Waals surface area contributed by atoms with Crippen LogP contribution in [-0.2, 0) is 0 Å². The second kappa shape index (κ2) is 2.63. The van der Waals surface area contributed by atoms with Gasteiger partial charge in [-0.25, -0.2) is 0 Å². The third-order valence-corrected chi connectivity index (χ3v) is 1.87. The zero-order chi connectivity index (χ0) is 10.3. The normalized spacial score (nSPS) is 10.6. The monoisotopic (exact) mass is 194 g/mol. The number of aromatic hydroxyl groups is 2. The molecular weight excluding hydrogens is 188 g/mol. The molecule has 72 valence electrons. The van der Waals surface area contributed by atoms with E-state index in [0.29, 0.717) is 0 Å². The Morgan fingerprint density at radius 2 is 1.86 bits per heavy atom. The topological polar surface area (TPSA) is 106 Å². The number of pyridine rings is 2. The number of hydrogen-bond donors (Lipinski definition) is 4. The average molecular weight is 194 g/mol. The van der Waals surface area contributed by atoms with Crippen LogP contribution < -0.4 is 11.0 Å². The van der Waals surface area contributed by atoms with E-state index in [1.807, 2.05) is 0 Å². The van der Waals surface area contributed by atoms with Gasteiger partial charge in [-0.05, 0) is 0 Å². The molecule has 6 heteroatoms. The fourth-order valence-electron chi connectivity index (χ4n) is 1.21. The van der Waals surface area contributed by atoms with Crippen molar-refractivity contribution in [2.45, 2.75) is 0 Å². The van der Waals surface area contributed by atoms with E-state index in [-0.39, 0.29) is 11.0 Å². The number of fused-ring (bicyclic) bond motifs is 1. The lowest BCUT2D eigenvalue weighted by Gasteiger charge is -2.00. The minimum atomic E-state index is -0.853. The highest BCUT2D eigenvalue weighted by molar-refractivity contribution is 5.83. The minimum absolute atomic E-state index is 0.0813. The number of hydrogen-bond acceptors (Lipinski definition) is 4. The van der Waals surface area contributed by atoms with Gasteiger partial charge in [-0.2, -0.15) is 0 Å². The largest absolute Gasteiger partial charge is 0.504 e. The summed E-state index contributed by atoms with van der Waals surface area (Å²) in [7, 11) is 0. The molecule has 0 unspecified atom stereocenters. The molecule has 0 radical (unpaired) electrons. The average Bonchev–Trinajstić information content (AvgIpc) is 2.14. The van der Waals surface area contributed by atoms with E-state index < -0.39 is 22.5 Å². The Morgan fingerprint density at radius 3 is 2.57 bits per heavy atom. The maximum absolute atomic E-state index is 11.2. The molecule has 0 fully saturated rings. The van der Waals surface area contributed by atoms with Crippen molar-refractivity contribution in [1.82, 2.24) is 9.97 Å². The summed E-state index contributed by atoms with van der Waals surface area (Å²) in [6.45, 7) is 0. The second-order valence-corrected chi connectivity index (χ2v) is 2.74. The Bertz CT molecular complexity index is 611. The van der Waals surface area contributed by atoms with Gasteiger partial charge in [0, 0.05) is 12.3 Å². The first kappa shape index (κ1) is 8.36. The highest BCUT2D eigenvalue weighted by atomic mass is 16.3. The standard InChI is InChI=1S/C8H6N2O4/c11-3-1-2-9-7-4(3)5(12)6(13)8(14)10-7/h1-2,13H,(H3,9,10,11,12,14). The molecule has 4 N–H and O–H groups in total. The summed E-state index contributed by atoms with van der Waals surface area (Å²) < 4.78 is 0. The maximum Gasteiger partial charge on any atom is 0.295 e. The molecule has 2 heterocycles. The van der Waals surface area contributed by atoms with Gasteiger partial charge in [0.1, 0.15) is 11.0 Å². The van der Waals surface area contributed by atoms with Gasteiger partial charge < -0.3 is 20.2 Å². The molecule has 2 rings (SSSR count). The van der Waals surface area contributed by atoms with Crippen LogP contribution in [-0.4, -0.2) is 20.2 Å². The summed E-state index contributed by atoms with van der Waals surface area (Å²) in [6, 6.07) is 1.18. The lowest BCUT2D eigenvalue weighted by molar-refractivity contribution is 0.402. The van der Waals surface area contributed by atoms with E-state index >= 15 is 0 Å². The Labute approximate surface area is 76.5 Å². The predicted octanol–water partition coefficient (Wildman–Crippen LogP) is -0.372. The number of rotatable bonds is 0. The molecule has 0 aromatic carbocycles. The van der Waals surface area contributed by atoms with Crippen LogP contribution in [0.3, 0.4) is 0 Å². The van der Waals surface area contributed by atoms with Gasteiger partial charge in [0.2, 0.25) is 5.75 Å². The zero-order valence-electron chi connectivity index (χ0n) is 6.87. The molecule has 2 aromatic heterocycles. The minimum Gasteiger partial charge on any atom is -0.504 e. The van der Waals surface area contributed by atoms with Crippen LogP contribution in [0.15, 0.2) is 21.9 Å². The number of aromatic amines is 2. The van der Waals surface area contributed by atoms with Gasteiger partial charge in [0.05, 0.1) is 0 Å². The van der Waals surface area contributed by atoms with Crippen LogP contribution >= 0.6 is 0 Å². The van der Waals surface area contributed by atoms with Gasteiger partial charge in [-0.3, -0.25) is 9.59 Å². The lowest BCUT2D eigenvalue weighted by Crippen LogP contribution is -2.10. The molecule has 0 aliphatic rings. The molecule has 0 saturated carbocycles. The van der Waals surface area contributed by atoms with Crippen LogP contribution in [0, 0.1) is 0 Å². The molecule has 0 amide bonds. The quantitative estimate of drug-likeness (QED) is 0.459. The molecular formula is C8H6N2O4. The van der Waals surface area contributed by atoms with Gasteiger partial charge >= 0.3 is 0 Å². The van der Waals surface area contributed by atoms with Crippen molar-refractivity contribution in [2.24, 2.45) is 0 Å². The van der Waals surface area contributed by atoms with E-state index in [1.165, 1.54) is 12.3 Å². The molecule has 0 saturated heterocycles. The zero-order valence-corrected chi connectivity index (χ0v) is 6.87. The first-order valence-corrected chi connectivity index (χ1v) is 3.77. The van der Waals surface area contributed by atoms with Crippen LogP contribution in [0.1, 0.15) is 0 Å². The van der Waals surface area contributed by atoms with Gasteiger partial charge in [-0.1, -0.05) is 0 Å². The van der Waals surface area contributed by atoms with Crippen molar-refractivity contribution in [3.05, 3.63) is 32.8 Å². The summed E-state index contributed by atoms with van der Waals surface area (Å²) >= 11 is 0. The van der Waals surface area contributed by atoms with E-state index in [9.17, 15) is 14.7 Å². The summed E-state index contributed by atoms with van der Waals surface area (Å²) in [5, 5.41) is 18.3. The number of aromatic nitrogens is 2. The lowest BCUT2D eigenvalue weighted by atomic mass is 10.2.